The summed E-state index contributed by atoms with van der Waals surface area (Å²) >= 11 is 3.74. The van der Waals surface area contributed by atoms with E-state index in [1.807, 2.05) is 0 Å². The Morgan fingerprint density at radius 3 is 1.22 bits per heavy atom. The minimum Gasteiger partial charge on any atom is -0.126 e. The van der Waals surface area contributed by atoms with Gasteiger partial charge >= 0.3 is 0 Å². The normalized spacial score (nSPS) is 12.7. The van der Waals surface area contributed by atoms with Gasteiger partial charge in [0.1, 0.15) is 6.69 Å². The van der Waals surface area contributed by atoms with Gasteiger partial charge in [-0.15, -0.1) is 15.3 Å². The summed E-state index contributed by atoms with van der Waals surface area (Å²) in [4.78, 5) is 0. The van der Waals surface area contributed by atoms with Crippen LogP contribution in [0.2, 0.25) is 18.1 Å². The summed E-state index contributed by atoms with van der Waals surface area (Å²) < 4.78 is 0. The van der Waals surface area contributed by atoms with E-state index >= 15 is 0 Å². The summed E-state index contributed by atoms with van der Waals surface area (Å²) in [5.74, 6) is 0. The van der Waals surface area contributed by atoms with Gasteiger partial charge in [0.05, 0.1) is 0 Å². The van der Waals surface area contributed by atoms with Crippen LogP contribution in [-0.2, 0) is 0 Å². The second-order valence-electron chi connectivity index (χ2n) is 3.72. The smallest absolute Gasteiger partial charge is 0.126 e. The first-order chi connectivity index (χ1) is 3.25. The summed E-state index contributed by atoms with van der Waals surface area (Å²) in [6.07, 6.45) is 0. The molecule has 0 aromatic heterocycles. The second kappa shape index (κ2) is 3.35. The van der Waals surface area contributed by atoms with Crippen molar-refractivity contribution in [3.05, 3.63) is 0 Å². The highest BCUT2D eigenvalue weighted by Crippen LogP contribution is 2.39. The van der Waals surface area contributed by atoms with Crippen LogP contribution < -0.4 is 0 Å². The molecule has 0 fully saturated rings. The van der Waals surface area contributed by atoms with Gasteiger partial charge in [-0.3, -0.25) is 0 Å². The van der Waals surface area contributed by atoms with Crippen LogP contribution in [0, 0.1) is 0 Å². The van der Waals surface area contributed by atoms with E-state index in [9.17, 15) is 0 Å². The van der Waals surface area contributed by atoms with Crippen molar-refractivity contribution in [3.8, 4) is 0 Å². The van der Waals surface area contributed by atoms with Gasteiger partial charge in [-0.1, -0.05) is 33.9 Å². The molecule has 0 aliphatic heterocycles. The maximum absolute atomic E-state index is 3.74. The molecule has 0 amide bonds. The number of hydrogen-bond donors (Lipinski definition) is 0. The molecular formula is C6H19BrSi2. The van der Waals surface area contributed by atoms with E-state index in [1.54, 1.807) is 0 Å². The lowest BCUT2D eigenvalue weighted by molar-refractivity contribution is 0.738. The summed E-state index contributed by atoms with van der Waals surface area (Å²) in [5, 5.41) is 0.493. The van der Waals surface area contributed by atoms with E-state index in [2.05, 4.69) is 49.2 Å². The van der Waals surface area contributed by atoms with Gasteiger partial charge in [-0.2, -0.15) is 0 Å². The van der Waals surface area contributed by atoms with Crippen molar-refractivity contribution in [2.45, 2.75) is 38.9 Å². The van der Waals surface area contributed by atoms with E-state index in [-0.39, 0.29) is 11.0 Å². The van der Waals surface area contributed by atoms with Gasteiger partial charge in [0.2, 0.25) is 0 Å². The highest BCUT2D eigenvalue weighted by molar-refractivity contribution is 9.26. The molecule has 0 spiro atoms. The van der Waals surface area contributed by atoms with Crippen LogP contribution in [0.25, 0.3) is 0 Å². The Bertz CT molecular complexity index is 66.0. The maximum atomic E-state index is 3.74. The van der Waals surface area contributed by atoms with Gasteiger partial charge in [0, 0.05) is 0 Å². The Morgan fingerprint density at radius 1 is 1.11 bits per heavy atom. The molecule has 0 aliphatic rings. The van der Waals surface area contributed by atoms with Crippen molar-refractivity contribution in [2.24, 2.45) is 0 Å². The standard InChI is InChI=1S/C6H15BrSi.H4Si/c1-6(2,3)8(4,5)7;/h1-5H3;1H4. The van der Waals surface area contributed by atoms with Crippen LogP contribution in [-0.4, -0.2) is 17.7 Å². The summed E-state index contributed by atoms with van der Waals surface area (Å²) in [7, 11) is 0. The van der Waals surface area contributed by atoms with Crippen LogP contribution in [0.4, 0.5) is 0 Å². The fraction of sp³-hybridized carbons (Fsp3) is 1.00. The molecule has 0 N–H and O–H groups in total. The highest BCUT2D eigenvalue weighted by atomic mass is 79.9. The summed E-state index contributed by atoms with van der Waals surface area (Å²) in [5.41, 5.74) is 0. The van der Waals surface area contributed by atoms with Crippen LogP contribution in [0.5, 0.6) is 0 Å². The zero-order chi connectivity index (χ0) is 7.00. The van der Waals surface area contributed by atoms with Crippen molar-refractivity contribution >= 4 is 33.0 Å². The summed E-state index contributed by atoms with van der Waals surface area (Å²) in [6.45, 7) is 10.5. The SMILES string of the molecule is CC(C)(C)[Si](C)(C)Br.[SiH4]. The number of hydrogen-bond acceptors (Lipinski definition) is 0. The summed E-state index contributed by atoms with van der Waals surface area (Å²) in [6, 6.07) is 0. The number of halogens is 1. The quantitative estimate of drug-likeness (QED) is 0.438. The Kier molecular flexibility index (Phi) is 4.68. The van der Waals surface area contributed by atoms with Gasteiger partial charge < -0.3 is 0 Å². The molecule has 0 aliphatic carbocycles. The Balaban J connectivity index is 0. The number of rotatable bonds is 0. The molecule has 0 bridgehead atoms. The van der Waals surface area contributed by atoms with E-state index < -0.39 is 6.69 Å². The van der Waals surface area contributed by atoms with Gasteiger partial charge in [-0.05, 0) is 16.0 Å². The van der Waals surface area contributed by atoms with Crippen molar-refractivity contribution in [1.82, 2.24) is 0 Å². The molecule has 0 saturated heterocycles. The monoisotopic (exact) mass is 226 g/mol. The second-order valence-corrected chi connectivity index (χ2v) is 14.1. The average molecular weight is 227 g/mol. The van der Waals surface area contributed by atoms with Crippen molar-refractivity contribution in [2.75, 3.05) is 0 Å². The zero-order valence-electron chi connectivity index (χ0n) is 6.38. The first-order valence-electron chi connectivity index (χ1n) is 2.94. The predicted molar refractivity (Wildman–Crippen MR) is 57.5 cm³/mol. The molecule has 0 aromatic rings. The van der Waals surface area contributed by atoms with Crippen molar-refractivity contribution in [1.29, 1.82) is 0 Å². The fourth-order valence-electron chi connectivity index (χ4n) is 0. The van der Waals surface area contributed by atoms with Crippen LogP contribution in [0.3, 0.4) is 0 Å². The lowest BCUT2D eigenvalue weighted by atomic mass is 10.2. The Labute approximate surface area is 72.0 Å². The molecule has 0 aromatic carbocycles. The molecule has 0 saturated carbocycles. The molecule has 3 heteroatoms. The maximum Gasteiger partial charge on any atom is 0.129 e. The van der Waals surface area contributed by atoms with Crippen molar-refractivity contribution < 1.29 is 0 Å². The van der Waals surface area contributed by atoms with E-state index in [1.165, 1.54) is 0 Å². The Hall–Kier alpha value is 0.914. The topological polar surface area (TPSA) is 0 Å². The molecular weight excluding hydrogens is 208 g/mol. The molecule has 0 unspecified atom stereocenters. The minimum absolute atomic E-state index is 0. The third kappa shape index (κ3) is 4.34. The van der Waals surface area contributed by atoms with Gasteiger partial charge in [-0.25, -0.2) is 0 Å². The first kappa shape index (κ1) is 12.6. The average Bonchev–Trinajstić information content (AvgIpc) is 1.25. The molecule has 0 heterocycles. The molecule has 58 valence electrons. The first-order valence-corrected chi connectivity index (χ1v) is 8.20. The lowest BCUT2D eigenvalue weighted by Crippen LogP contribution is -2.29. The van der Waals surface area contributed by atoms with E-state index in [4.69, 9.17) is 0 Å². The van der Waals surface area contributed by atoms with Crippen LogP contribution in [0.1, 0.15) is 20.8 Å². The molecule has 0 atom stereocenters. The predicted octanol–water partition coefficient (Wildman–Crippen LogP) is 1.93. The molecule has 9 heavy (non-hydrogen) atoms. The zero-order valence-corrected chi connectivity index (χ0v) is 8.96. The van der Waals surface area contributed by atoms with E-state index in [0.29, 0.717) is 5.04 Å². The van der Waals surface area contributed by atoms with E-state index in [0.717, 1.165) is 0 Å². The highest BCUT2D eigenvalue weighted by Gasteiger charge is 2.31. The minimum atomic E-state index is -1.05. The Morgan fingerprint density at radius 2 is 1.22 bits per heavy atom. The van der Waals surface area contributed by atoms with Gasteiger partial charge in [0.15, 0.2) is 0 Å². The molecule has 0 nitrogen and oxygen atoms in total. The van der Waals surface area contributed by atoms with Gasteiger partial charge in [0.25, 0.3) is 0 Å². The third-order valence-electron chi connectivity index (χ3n) is 1.78. The van der Waals surface area contributed by atoms with Crippen LogP contribution >= 0.6 is 15.3 Å². The molecule has 0 radical (unpaired) electrons. The lowest BCUT2D eigenvalue weighted by Gasteiger charge is -2.30. The van der Waals surface area contributed by atoms with Crippen molar-refractivity contribution in [3.63, 3.8) is 0 Å². The molecule has 0 rings (SSSR count). The third-order valence-corrected chi connectivity index (χ3v) is 8.92. The largest absolute Gasteiger partial charge is 0.129 e. The van der Waals surface area contributed by atoms with Crippen LogP contribution in [0.15, 0.2) is 0 Å². The fourth-order valence-corrected chi connectivity index (χ4v) is 0.